The van der Waals surface area contributed by atoms with Crippen molar-refractivity contribution < 1.29 is 0 Å². The Bertz CT molecular complexity index is 330. The molecule has 0 saturated carbocycles. The van der Waals surface area contributed by atoms with Crippen molar-refractivity contribution in [1.82, 2.24) is 15.1 Å². The second-order valence-corrected chi connectivity index (χ2v) is 4.98. The molecule has 0 saturated heterocycles. The minimum Gasteiger partial charge on any atom is -0.319 e. The Hall–Kier alpha value is -0.830. The normalized spacial score (nSPS) is 15.1. The molecule has 1 atom stereocenters. The molecule has 0 aromatic carbocycles. The molecule has 92 valence electrons. The third-order valence-electron chi connectivity index (χ3n) is 3.45. The fraction of sp³-hybridized carbons (Fsp3) is 0.769. The van der Waals surface area contributed by atoms with Gasteiger partial charge in [-0.25, -0.2) is 0 Å². The average molecular weight is 223 g/mol. The lowest BCUT2D eigenvalue weighted by Gasteiger charge is -2.27. The number of hydrogen-bond acceptors (Lipinski definition) is 2. The first-order valence-corrected chi connectivity index (χ1v) is 6.21. The highest BCUT2D eigenvalue weighted by Gasteiger charge is 2.23. The molecule has 0 aliphatic rings. The molecule has 0 amide bonds. The monoisotopic (exact) mass is 223 g/mol. The first kappa shape index (κ1) is 13.2. The molecule has 0 spiro atoms. The first-order valence-electron chi connectivity index (χ1n) is 6.21. The summed E-state index contributed by atoms with van der Waals surface area (Å²) in [6, 6.07) is 2.24. The van der Waals surface area contributed by atoms with Gasteiger partial charge in [0.25, 0.3) is 0 Å². The van der Waals surface area contributed by atoms with Crippen LogP contribution in [0.2, 0.25) is 0 Å². The molecule has 0 aliphatic heterocycles. The van der Waals surface area contributed by atoms with E-state index in [1.807, 2.05) is 18.8 Å². The maximum Gasteiger partial charge on any atom is 0.0624 e. The third kappa shape index (κ3) is 3.08. The Kier molecular flexibility index (Phi) is 4.54. The van der Waals surface area contributed by atoms with E-state index in [4.69, 9.17) is 0 Å². The Labute approximate surface area is 99.2 Å². The van der Waals surface area contributed by atoms with Crippen molar-refractivity contribution in [2.75, 3.05) is 13.6 Å². The van der Waals surface area contributed by atoms with Crippen LogP contribution in [0.25, 0.3) is 0 Å². The van der Waals surface area contributed by atoms with Gasteiger partial charge in [0.15, 0.2) is 0 Å². The summed E-state index contributed by atoms with van der Waals surface area (Å²) in [5, 5.41) is 7.79. The molecule has 0 fully saturated rings. The summed E-state index contributed by atoms with van der Waals surface area (Å²) in [5.74, 6) is 0. The van der Waals surface area contributed by atoms with Crippen molar-refractivity contribution in [1.29, 1.82) is 0 Å². The lowest BCUT2D eigenvalue weighted by atomic mass is 9.82. The molecule has 1 heterocycles. The van der Waals surface area contributed by atoms with E-state index in [1.54, 1.807) is 0 Å². The number of hydrogen-bond donors (Lipinski definition) is 1. The summed E-state index contributed by atoms with van der Waals surface area (Å²) in [5.41, 5.74) is 2.87. The van der Waals surface area contributed by atoms with Crippen molar-refractivity contribution >= 4 is 0 Å². The van der Waals surface area contributed by atoms with Crippen LogP contribution in [-0.4, -0.2) is 23.4 Å². The molecular formula is C13H25N3. The van der Waals surface area contributed by atoms with Gasteiger partial charge in [0, 0.05) is 19.3 Å². The van der Waals surface area contributed by atoms with Crippen LogP contribution >= 0.6 is 0 Å². The highest BCUT2D eigenvalue weighted by atomic mass is 15.3. The van der Waals surface area contributed by atoms with Crippen molar-refractivity contribution in [2.45, 2.75) is 40.0 Å². The number of aryl methyl sites for hydroxylation is 2. The Morgan fingerprint density at radius 1 is 1.44 bits per heavy atom. The molecule has 16 heavy (non-hydrogen) atoms. The molecule has 3 heteroatoms. The summed E-state index contributed by atoms with van der Waals surface area (Å²) in [6.45, 7) is 7.80. The van der Waals surface area contributed by atoms with E-state index >= 15 is 0 Å². The number of rotatable bonds is 6. The second kappa shape index (κ2) is 5.48. The van der Waals surface area contributed by atoms with Crippen LogP contribution in [-0.2, 0) is 19.9 Å². The standard InChI is InChI=1S/C13H25N3/c1-6-11-8-12(16(5)15-11)9-13(3,7-2)10-14-4/h8,14H,6-7,9-10H2,1-5H3. The Morgan fingerprint density at radius 2 is 2.12 bits per heavy atom. The van der Waals surface area contributed by atoms with Crippen LogP contribution in [0.4, 0.5) is 0 Å². The van der Waals surface area contributed by atoms with E-state index in [9.17, 15) is 0 Å². The average Bonchev–Trinajstić information content (AvgIpc) is 2.60. The van der Waals surface area contributed by atoms with Crippen molar-refractivity contribution in [3.8, 4) is 0 Å². The van der Waals surface area contributed by atoms with Gasteiger partial charge < -0.3 is 5.32 Å². The van der Waals surface area contributed by atoms with Gasteiger partial charge in [0.1, 0.15) is 0 Å². The van der Waals surface area contributed by atoms with Crippen LogP contribution in [0.3, 0.4) is 0 Å². The van der Waals surface area contributed by atoms with Gasteiger partial charge in [0.2, 0.25) is 0 Å². The summed E-state index contributed by atoms with van der Waals surface area (Å²) < 4.78 is 2.03. The van der Waals surface area contributed by atoms with Crippen molar-refractivity contribution in [3.05, 3.63) is 17.5 Å². The largest absolute Gasteiger partial charge is 0.319 e. The molecule has 1 aromatic heterocycles. The Morgan fingerprint density at radius 3 is 2.56 bits per heavy atom. The van der Waals surface area contributed by atoms with Gasteiger partial charge in [-0.3, -0.25) is 4.68 Å². The summed E-state index contributed by atoms with van der Waals surface area (Å²) in [7, 11) is 4.07. The minimum atomic E-state index is 0.327. The molecular weight excluding hydrogens is 198 g/mol. The van der Waals surface area contributed by atoms with Crippen molar-refractivity contribution in [2.24, 2.45) is 12.5 Å². The smallest absolute Gasteiger partial charge is 0.0624 e. The van der Waals surface area contributed by atoms with Gasteiger partial charge in [-0.1, -0.05) is 20.8 Å². The third-order valence-corrected chi connectivity index (χ3v) is 3.45. The SMILES string of the molecule is CCc1cc(CC(C)(CC)CNC)n(C)n1. The summed E-state index contributed by atoms with van der Waals surface area (Å²) in [6.07, 6.45) is 3.29. The quantitative estimate of drug-likeness (QED) is 0.801. The minimum absolute atomic E-state index is 0.327. The van der Waals surface area contributed by atoms with E-state index in [0.717, 1.165) is 19.4 Å². The van der Waals surface area contributed by atoms with Gasteiger partial charge in [-0.2, -0.15) is 5.10 Å². The molecule has 1 N–H and O–H groups in total. The predicted molar refractivity (Wildman–Crippen MR) is 68.6 cm³/mol. The summed E-state index contributed by atoms with van der Waals surface area (Å²) in [4.78, 5) is 0. The van der Waals surface area contributed by atoms with E-state index in [-0.39, 0.29) is 0 Å². The van der Waals surface area contributed by atoms with E-state index in [2.05, 4.69) is 37.3 Å². The lowest BCUT2D eigenvalue weighted by Crippen LogP contribution is -2.31. The first-order chi connectivity index (χ1) is 7.54. The molecule has 3 nitrogen and oxygen atoms in total. The zero-order valence-corrected chi connectivity index (χ0v) is 11.3. The molecule has 1 rings (SSSR count). The van der Waals surface area contributed by atoms with E-state index < -0.39 is 0 Å². The van der Waals surface area contributed by atoms with Crippen LogP contribution in [0, 0.1) is 5.41 Å². The topological polar surface area (TPSA) is 29.9 Å². The Balaban J connectivity index is 2.80. The predicted octanol–water partition coefficient (Wildman–Crippen LogP) is 2.16. The van der Waals surface area contributed by atoms with Gasteiger partial charge in [-0.15, -0.1) is 0 Å². The van der Waals surface area contributed by atoms with E-state index in [0.29, 0.717) is 5.41 Å². The molecule has 0 radical (unpaired) electrons. The maximum atomic E-state index is 4.50. The second-order valence-electron chi connectivity index (χ2n) is 4.98. The highest BCUT2D eigenvalue weighted by Crippen LogP contribution is 2.25. The maximum absolute atomic E-state index is 4.50. The highest BCUT2D eigenvalue weighted by molar-refractivity contribution is 5.12. The molecule has 0 aliphatic carbocycles. The van der Waals surface area contributed by atoms with Crippen molar-refractivity contribution in [3.63, 3.8) is 0 Å². The van der Waals surface area contributed by atoms with Crippen LogP contribution < -0.4 is 5.32 Å². The fourth-order valence-corrected chi connectivity index (χ4v) is 2.09. The van der Waals surface area contributed by atoms with Gasteiger partial charge in [0.05, 0.1) is 5.69 Å². The fourth-order valence-electron chi connectivity index (χ4n) is 2.09. The van der Waals surface area contributed by atoms with Gasteiger partial charge >= 0.3 is 0 Å². The molecule has 0 bridgehead atoms. The van der Waals surface area contributed by atoms with Crippen LogP contribution in [0.1, 0.15) is 38.6 Å². The number of nitrogens with one attached hydrogen (secondary N) is 1. The summed E-state index contributed by atoms with van der Waals surface area (Å²) >= 11 is 0. The number of aromatic nitrogens is 2. The molecule has 1 unspecified atom stereocenters. The molecule has 1 aromatic rings. The van der Waals surface area contributed by atoms with Crippen LogP contribution in [0.15, 0.2) is 6.07 Å². The zero-order chi connectivity index (χ0) is 12.2. The number of nitrogens with zero attached hydrogens (tertiary/aromatic N) is 2. The zero-order valence-electron chi connectivity index (χ0n) is 11.3. The van der Waals surface area contributed by atoms with Gasteiger partial charge in [-0.05, 0) is 37.8 Å². The lowest BCUT2D eigenvalue weighted by molar-refractivity contribution is 0.292. The van der Waals surface area contributed by atoms with E-state index in [1.165, 1.54) is 17.8 Å². The van der Waals surface area contributed by atoms with Crippen LogP contribution in [0.5, 0.6) is 0 Å².